The van der Waals surface area contributed by atoms with Crippen molar-refractivity contribution in [2.45, 2.75) is 53.4 Å². The third kappa shape index (κ3) is 6.42. The van der Waals surface area contributed by atoms with Crippen molar-refractivity contribution < 1.29 is 0 Å². The number of likely N-dealkylation sites (tertiary alicyclic amines) is 1. The Labute approximate surface area is 108 Å². The molecule has 0 aliphatic carbocycles. The topological polar surface area (TPSA) is 15.3 Å². The standard InChI is InChI=1S/C15H32N2/c1-5-9-16-12-15(3,4)13-17-10-6-7-14(2)8-11-17/h14,16H,5-13H2,1-4H3. The first-order chi connectivity index (χ1) is 8.03. The van der Waals surface area contributed by atoms with E-state index >= 15 is 0 Å². The molecule has 0 aromatic rings. The monoisotopic (exact) mass is 240 g/mol. The van der Waals surface area contributed by atoms with Crippen LogP contribution in [-0.4, -0.2) is 37.6 Å². The smallest absolute Gasteiger partial charge is 0.00448 e. The van der Waals surface area contributed by atoms with Crippen molar-refractivity contribution in [3.05, 3.63) is 0 Å². The highest BCUT2D eigenvalue weighted by Crippen LogP contribution is 2.21. The average Bonchev–Trinajstić information content (AvgIpc) is 2.43. The Morgan fingerprint density at radius 3 is 2.71 bits per heavy atom. The molecule has 1 heterocycles. The third-order valence-corrected chi connectivity index (χ3v) is 3.79. The van der Waals surface area contributed by atoms with Crippen molar-refractivity contribution in [1.29, 1.82) is 0 Å². The number of hydrogen-bond donors (Lipinski definition) is 1. The molecule has 0 aromatic carbocycles. The second-order valence-corrected chi connectivity index (χ2v) is 6.65. The summed E-state index contributed by atoms with van der Waals surface area (Å²) < 4.78 is 0. The number of rotatable bonds is 6. The van der Waals surface area contributed by atoms with E-state index in [9.17, 15) is 0 Å². The van der Waals surface area contributed by atoms with Crippen LogP contribution < -0.4 is 5.32 Å². The van der Waals surface area contributed by atoms with Crippen LogP contribution in [0.25, 0.3) is 0 Å². The van der Waals surface area contributed by atoms with Crippen LogP contribution in [0.5, 0.6) is 0 Å². The summed E-state index contributed by atoms with van der Waals surface area (Å²) in [5.74, 6) is 0.932. The van der Waals surface area contributed by atoms with E-state index in [1.165, 1.54) is 45.3 Å². The van der Waals surface area contributed by atoms with Crippen molar-refractivity contribution in [3.63, 3.8) is 0 Å². The zero-order valence-electron chi connectivity index (χ0n) is 12.4. The Bertz CT molecular complexity index is 201. The molecule has 1 rings (SSSR count). The molecule has 1 unspecified atom stereocenters. The summed E-state index contributed by atoms with van der Waals surface area (Å²) in [5.41, 5.74) is 0.406. The molecule has 17 heavy (non-hydrogen) atoms. The van der Waals surface area contributed by atoms with Crippen LogP contribution in [0.2, 0.25) is 0 Å². The molecule has 0 spiro atoms. The van der Waals surface area contributed by atoms with Gasteiger partial charge in [0.1, 0.15) is 0 Å². The number of hydrogen-bond acceptors (Lipinski definition) is 2. The fourth-order valence-electron chi connectivity index (χ4n) is 2.75. The van der Waals surface area contributed by atoms with Crippen LogP contribution in [0.1, 0.15) is 53.4 Å². The normalized spacial score (nSPS) is 23.6. The zero-order valence-corrected chi connectivity index (χ0v) is 12.4. The van der Waals surface area contributed by atoms with Crippen molar-refractivity contribution in [2.75, 3.05) is 32.7 Å². The molecule has 102 valence electrons. The molecule has 0 radical (unpaired) electrons. The maximum absolute atomic E-state index is 3.56. The predicted molar refractivity (Wildman–Crippen MR) is 76.4 cm³/mol. The number of nitrogens with zero attached hydrogens (tertiary/aromatic N) is 1. The summed E-state index contributed by atoms with van der Waals surface area (Å²) in [4.78, 5) is 2.68. The van der Waals surface area contributed by atoms with Gasteiger partial charge in [0.05, 0.1) is 0 Å². The van der Waals surface area contributed by atoms with E-state index in [0.29, 0.717) is 5.41 Å². The van der Waals surface area contributed by atoms with Gasteiger partial charge >= 0.3 is 0 Å². The van der Waals surface area contributed by atoms with Crippen LogP contribution in [0.3, 0.4) is 0 Å². The Morgan fingerprint density at radius 1 is 1.24 bits per heavy atom. The van der Waals surface area contributed by atoms with Crippen molar-refractivity contribution in [1.82, 2.24) is 10.2 Å². The molecule has 0 aromatic heterocycles. The predicted octanol–water partition coefficient (Wildman–Crippen LogP) is 3.13. The minimum absolute atomic E-state index is 0.406. The summed E-state index contributed by atoms with van der Waals surface area (Å²) in [6, 6.07) is 0. The Balaban J connectivity index is 2.30. The van der Waals surface area contributed by atoms with Gasteiger partial charge in [-0.1, -0.05) is 27.7 Å². The average molecular weight is 240 g/mol. The van der Waals surface area contributed by atoms with E-state index in [1.807, 2.05) is 0 Å². The lowest BCUT2D eigenvalue weighted by atomic mass is 9.92. The summed E-state index contributed by atoms with van der Waals surface area (Å²) >= 11 is 0. The second-order valence-electron chi connectivity index (χ2n) is 6.65. The maximum atomic E-state index is 3.56. The summed E-state index contributed by atoms with van der Waals surface area (Å²) in [7, 11) is 0. The van der Waals surface area contributed by atoms with E-state index in [4.69, 9.17) is 0 Å². The summed E-state index contributed by atoms with van der Waals surface area (Å²) in [5, 5.41) is 3.56. The van der Waals surface area contributed by atoms with Crippen LogP contribution in [-0.2, 0) is 0 Å². The lowest BCUT2D eigenvalue weighted by molar-refractivity contribution is 0.178. The van der Waals surface area contributed by atoms with Gasteiger partial charge in [0, 0.05) is 13.1 Å². The molecule has 1 fully saturated rings. The lowest BCUT2D eigenvalue weighted by Crippen LogP contribution is -2.41. The van der Waals surface area contributed by atoms with Crippen LogP contribution in [0.4, 0.5) is 0 Å². The van der Waals surface area contributed by atoms with Crippen molar-refractivity contribution >= 4 is 0 Å². The van der Waals surface area contributed by atoms with Crippen LogP contribution >= 0.6 is 0 Å². The molecule has 1 aliphatic heterocycles. The first-order valence-corrected chi connectivity index (χ1v) is 7.46. The van der Waals surface area contributed by atoms with Crippen molar-refractivity contribution in [3.8, 4) is 0 Å². The lowest BCUT2D eigenvalue weighted by Gasteiger charge is -2.32. The van der Waals surface area contributed by atoms with Gasteiger partial charge in [0.2, 0.25) is 0 Å². The number of nitrogens with one attached hydrogen (secondary N) is 1. The first kappa shape index (κ1) is 15.0. The van der Waals surface area contributed by atoms with Gasteiger partial charge in [0.15, 0.2) is 0 Å². The second kappa shape index (κ2) is 7.38. The van der Waals surface area contributed by atoms with Gasteiger partial charge in [-0.3, -0.25) is 0 Å². The minimum atomic E-state index is 0.406. The van der Waals surface area contributed by atoms with E-state index in [-0.39, 0.29) is 0 Å². The fourth-order valence-corrected chi connectivity index (χ4v) is 2.75. The van der Waals surface area contributed by atoms with Gasteiger partial charge in [-0.2, -0.15) is 0 Å². The molecule has 2 heteroatoms. The SMILES string of the molecule is CCCNCC(C)(C)CN1CCCC(C)CC1. The largest absolute Gasteiger partial charge is 0.316 e. The molecule has 0 amide bonds. The molecule has 2 nitrogen and oxygen atoms in total. The highest BCUT2D eigenvalue weighted by molar-refractivity contribution is 4.78. The minimum Gasteiger partial charge on any atom is -0.316 e. The highest BCUT2D eigenvalue weighted by atomic mass is 15.1. The van der Waals surface area contributed by atoms with Gasteiger partial charge in [0.25, 0.3) is 0 Å². The highest BCUT2D eigenvalue weighted by Gasteiger charge is 2.23. The third-order valence-electron chi connectivity index (χ3n) is 3.79. The van der Waals surface area contributed by atoms with E-state index in [1.54, 1.807) is 0 Å². The van der Waals surface area contributed by atoms with Gasteiger partial charge in [-0.15, -0.1) is 0 Å². The summed E-state index contributed by atoms with van der Waals surface area (Å²) in [6.45, 7) is 15.6. The Morgan fingerprint density at radius 2 is 2.00 bits per heavy atom. The molecule has 1 atom stereocenters. The van der Waals surface area contributed by atoms with Crippen LogP contribution in [0, 0.1) is 11.3 Å². The maximum Gasteiger partial charge on any atom is 0.00448 e. The Kier molecular flexibility index (Phi) is 6.50. The molecule has 1 N–H and O–H groups in total. The van der Waals surface area contributed by atoms with Gasteiger partial charge in [-0.05, 0) is 56.7 Å². The molecule has 1 saturated heterocycles. The molecule has 1 aliphatic rings. The van der Waals surface area contributed by atoms with Gasteiger partial charge in [-0.25, -0.2) is 0 Å². The molecule has 0 saturated carbocycles. The van der Waals surface area contributed by atoms with E-state index in [0.717, 1.165) is 19.0 Å². The quantitative estimate of drug-likeness (QED) is 0.718. The Hall–Kier alpha value is -0.0800. The first-order valence-electron chi connectivity index (χ1n) is 7.46. The fraction of sp³-hybridized carbons (Fsp3) is 1.00. The van der Waals surface area contributed by atoms with Crippen molar-refractivity contribution in [2.24, 2.45) is 11.3 Å². The zero-order chi connectivity index (χ0) is 12.7. The van der Waals surface area contributed by atoms with Gasteiger partial charge < -0.3 is 10.2 Å². The molecular weight excluding hydrogens is 208 g/mol. The molecule has 0 bridgehead atoms. The molecular formula is C15H32N2. The van der Waals surface area contributed by atoms with Crippen LogP contribution in [0.15, 0.2) is 0 Å². The van der Waals surface area contributed by atoms with E-state index < -0.39 is 0 Å². The summed E-state index contributed by atoms with van der Waals surface area (Å²) in [6.07, 6.45) is 5.43. The van der Waals surface area contributed by atoms with E-state index in [2.05, 4.69) is 37.9 Å².